The third-order valence-corrected chi connectivity index (χ3v) is 10.1. The van der Waals surface area contributed by atoms with Gasteiger partial charge in [-0.05, 0) is 85.9 Å². The predicted molar refractivity (Wildman–Crippen MR) is 109 cm³/mol. The van der Waals surface area contributed by atoms with Crippen molar-refractivity contribution in [2.45, 2.75) is 90.8 Å². The molecular weight excluding hydrogens is 368 g/mol. The van der Waals surface area contributed by atoms with Gasteiger partial charge in [0.2, 0.25) is 0 Å². The van der Waals surface area contributed by atoms with Crippen LogP contribution in [-0.2, 0) is 9.59 Å². The largest absolute Gasteiger partial charge is 0.481 e. The summed E-state index contributed by atoms with van der Waals surface area (Å²) in [6.45, 7) is 6.79. The molecule has 4 aliphatic rings. The topological polar surface area (TPSA) is 94.8 Å². The van der Waals surface area contributed by atoms with E-state index in [1.165, 1.54) is 0 Å². The molecule has 164 valence electrons. The van der Waals surface area contributed by atoms with Crippen molar-refractivity contribution in [1.29, 1.82) is 0 Å². The van der Waals surface area contributed by atoms with Gasteiger partial charge in [0.1, 0.15) is 6.10 Å². The van der Waals surface area contributed by atoms with Crippen molar-refractivity contribution in [2.75, 3.05) is 0 Å². The zero-order valence-corrected chi connectivity index (χ0v) is 18.1. The van der Waals surface area contributed by atoms with Crippen LogP contribution in [-0.4, -0.2) is 39.3 Å². The van der Waals surface area contributed by atoms with Gasteiger partial charge in [-0.1, -0.05) is 20.8 Å². The van der Waals surface area contributed by atoms with Gasteiger partial charge in [-0.3, -0.25) is 9.59 Å². The van der Waals surface area contributed by atoms with Gasteiger partial charge in [0.15, 0.2) is 5.78 Å². The van der Waals surface area contributed by atoms with E-state index < -0.39 is 18.2 Å². The van der Waals surface area contributed by atoms with Crippen molar-refractivity contribution in [1.82, 2.24) is 0 Å². The number of aliphatic hydroxyl groups is 2. The standard InChI is InChI=1S/C24H38O5/c1-13(4-7-19(26)27)15-5-6-16-20-17(9-11-23(15,16)2)24(3)10-8-14(25)12-18(24)21(28)22(20)29/h13-18,20-21,25,28H,4-12H2,1-3H3,(H,26,27)/t13-,14-,15-,16+,17+,18+,20+,21+,23-,24-/m1/s1. The molecule has 4 rings (SSSR count). The number of hydrogen-bond donors (Lipinski definition) is 3. The van der Waals surface area contributed by atoms with E-state index in [0.717, 1.165) is 38.5 Å². The fraction of sp³-hybridized carbons (Fsp3) is 0.917. The first-order valence-corrected chi connectivity index (χ1v) is 11.7. The lowest BCUT2D eigenvalue weighted by molar-refractivity contribution is -0.184. The van der Waals surface area contributed by atoms with Crippen LogP contribution in [0.25, 0.3) is 0 Å². The van der Waals surface area contributed by atoms with Crippen molar-refractivity contribution in [2.24, 2.45) is 46.3 Å². The molecule has 4 saturated carbocycles. The lowest BCUT2D eigenvalue weighted by Gasteiger charge is -2.61. The number of hydrogen-bond acceptors (Lipinski definition) is 4. The van der Waals surface area contributed by atoms with Crippen molar-refractivity contribution in [3.63, 3.8) is 0 Å². The Bertz CT molecular complexity index is 676. The van der Waals surface area contributed by atoms with E-state index in [1.807, 2.05) is 0 Å². The van der Waals surface area contributed by atoms with Crippen molar-refractivity contribution in [3.05, 3.63) is 0 Å². The normalized spacial score (nSPS) is 50.4. The third-order valence-electron chi connectivity index (χ3n) is 10.1. The SMILES string of the molecule is C[C@H](CCC(=O)O)[C@H]1CC[C@H]2[C@@H]3C(=O)[C@@H](O)[C@@H]4C[C@H](O)CC[C@]4(C)[C@H]3CC[C@]12C. The summed E-state index contributed by atoms with van der Waals surface area (Å²) in [5, 5.41) is 30.3. The fourth-order valence-electron chi connectivity index (χ4n) is 8.49. The molecule has 4 aliphatic carbocycles. The first kappa shape index (κ1) is 21.3. The first-order chi connectivity index (χ1) is 13.6. The predicted octanol–water partition coefficient (Wildman–Crippen LogP) is 3.66. The highest BCUT2D eigenvalue weighted by molar-refractivity contribution is 5.87. The molecular formula is C24H38O5. The number of Topliss-reactive ketones (excluding diaryl/α,β-unsaturated/α-hetero) is 1. The molecule has 0 unspecified atom stereocenters. The van der Waals surface area contributed by atoms with E-state index in [9.17, 15) is 19.8 Å². The van der Waals surface area contributed by atoms with Gasteiger partial charge in [-0.15, -0.1) is 0 Å². The smallest absolute Gasteiger partial charge is 0.303 e. The highest BCUT2D eigenvalue weighted by Gasteiger charge is 2.65. The molecule has 0 aromatic carbocycles. The molecule has 0 bridgehead atoms. The Kier molecular flexibility index (Phi) is 5.39. The molecule has 5 heteroatoms. The summed E-state index contributed by atoms with van der Waals surface area (Å²) >= 11 is 0. The second kappa shape index (κ2) is 7.33. The molecule has 0 heterocycles. The summed E-state index contributed by atoms with van der Waals surface area (Å²) in [5.41, 5.74) is -0.00257. The van der Waals surface area contributed by atoms with Crippen LogP contribution in [0.1, 0.15) is 78.6 Å². The van der Waals surface area contributed by atoms with E-state index in [4.69, 9.17) is 5.11 Å². The Balaban J connectivity index is 1.60. The average Bonchev–Trinajstić information content (AvgIpc) is 3.02. The minimum absolute atomic E-state index is 0.0290. The molecule has 4 fully saturated rings. The quantitative estimate of drug-likeness (QED) is 0.662. The molecule has 0 aromatic rings. The Hall–Kier alpha value is -0.940. The summed E-state index contributed by atoms with van der Waals surface area (Å²) in [6, 6.07) is 0. The van der Waals surface area contributed by atoms with Gasteiger partial charge in [-0.2, -0.15) is 0 Å². The average molecular weight is 407 g/mol. The van der Waals surface area contributed by atoms with E-state index in [0.29, 0.717) is 36.5 Å². The summed E-state index contributed by atoms with van der Waals surface area (Å²) in [6.07, 6.45) is 5.97. The minimum atomic E-state index is -0.943. The number of ketones is 1. The van der Waals surface area contributed by atoms with Crippen LogP contribution in [0, 0.1) is 46.3 Å². The number of aliphatic hydroxyl groups excluding tert-OH is 2. The molecule has 3 N–H and O–H groups in total. The zero-order chi connectivity index (χ0) is 21.1. The molecule has 0 aromatic heterocycles. The third kappa shape index (κ3) is 3.18. The molecule has 29 heavy (non-hydrogen) atoms. The minimum Gasteiger partial charge on any atom is -0.481 e. The van der Waals surface area contributed by atoms with Crippen molar-refractivity contribution >= 4 is 11.8 Å². The Morgan fingerprint density at radius 1 is 1.03 bits per heavy atom. The number of aliphatic carboxylic acids is 1. The molecule has 0 radical (unpaired) electrons. The number of carbonyl (C=O) groups excluding carboxylic acids is 1. The second-order valence-corrected chi connectivity index (χ2v) is 11.3. The van der Waals surface area contributed by atoms with Crippen molar-refractivity contribution < 1.29 is 24.9 Å². The molecule has 5 nitrogen and oxygen atoms in total. The fourth-order valence-corrected chi connectivity index (χ4v) is 8.49. The van der Waals surface area contributed by atoms with Gasteiger partial charge in [0, 0.05) is 18.3 Å². The number of carboxylic acids is 1. The van der Waals surface area contributed by atoms with Crippen LogP contribution in [0.15, 0.2) is 0 Å². The number of carbonyl (C=O) groups is 2. The monoisotopic (exact) mass is 406 g/mol. The van der Waals surface area contributed by atoms with Gasteiger partial charge >= 0.3 is 5.97 Å². The van der Waals surface area contributed by atoms with Crippen LogP contribution in [0.4, 0.5) is 0 Å². The second-order valence-electron chi connectivity index (χ2n) is 11.3. The van der Waals surface area contributed by atoms with Gasteiger partial charge in [0.25, 0.3) is 0 Å². The summed E-state index contributed by atoms with van der Waals surface area (Å²) in [7, 11) is 0. The van der Waals surface area contributed by atoms with E-state index in [2.05, 4.69) is 20.8 Å². The maximum Gasteiger partial charge on any atom is 0.303 e. The zero-order valence-electron chi connectivity index (χ0n) is 18.1. The van der Waals surface area contributed by atoms with Crippen LogP contribution in [0.3, 0.4) is 0 Å². The Morgan fingerprint density at radius 3 is 2.38 bits per heavy atom. The van der Waals surface area contributed by atoms with Crippen LogP contribution >= 0.6 is 0 Å². The van der Waals surface area contributed by atoms with Crippen molar-refractivity contribution in [3.8, 4) is 0 Å². The lowest BCUT2D eigenvalue weighted by Crippen LogP contribution is -2.62. The van der Waals surface area contributed by atoms with Crippen LogP contribution in [0.2, 0.25) is 0 Å². The van der Waals surface area contributed by atoms with Crippen LogP contribution in [0.5, 0.6) is 0 Å². The lowest BCUT2D eigenvalue weighted by atomic mass is 9.43. The summed E-state index contributed by atoms with van der Waals surface area (Å²) in [4.78, 5) is 24.5. The van der Waals surface area contributed by atoms with Gasteiger partial charge in [0.05, 0.1) is 6.10 Å². The maximum absolute atomic E-state index is 13.4. The Labute approximate surface area is 174 Å². The molecule has 0 spiro atoms. The number of fused-ring (bicyclic) bond motifs is 5. The number of carboxylic acid groups (broad SMARTS) is 1. The first-order valence-electron chi connectivity index (χ1n) is 11.7. The highest BCUT2D eigenvalue weighted by atomic mass is 16.4. The van der Waals surface area contributed by atoms with E-state index in [1.54, 1.807) is 0 Å². The molecule has 0 saturated heterocycles. The van der Waals surface area contributed by atoms with E-state index >= 15 is 0 Å². The summed E-state index contributed by atoms with van der Waals surface area (Å²) in [5.74, 6) is 0.511. The summed E-state index contributed by atoms with van der Waals surface area (Å²) < 4.78 is 0. The van der Waals surface area contributed by atoms with E-state index in [-0.39, 0.29) is 34.9 Å². The van der Waals surface area contributed by atoms with Crippen LogP contribution < -0.4 is 0 Å². The number of rotatable bonds is 4. The molecule has 0 aliphatic heterocycles. The maximum atomic E-state index is 13.4. The van der Waals surface area contributed by atoms with Gasteiger partial charge in [-0.25, -0.2) is 0 Å². The Morgan fingerprint density at radius 2 is 1.69 bits per heavy atom. The molecule has 0 amide bonds. The highest BCUT2D eigenvalue weighted by Crippen LogP contribution is 2.67. The van der Waals surface area contributed by atoms with Gasteiger partial charge < -0.3 is 15.3 Å². The molecule has 10 atom stereocenters.